The standard InChI is InChI=1S/C17H28N2/c1-3-4-5-6-7-12-17(19-18)14-13-16-11-9-8-10-15(16)2/h3,8-11,17,19H,1,4-7,12-14,18H2,2H3. The van der Waals surface area contributed by atoms with Gasteiger partial charge < -0.3 is 0 Å². The van der Waals surface area contributed by atoms with Crippen molar-refractivity contribution in [1.82, 2.24) is 5.43 Å². The maximum absolute atomic E-state index is 5.65. The molecule has 19 heavy (non-hydrogen) atoms. The van der Waals surface area contributed by atoms with Gasteiger partial charge in [-0.25, -0.2) is 0 Å². The molecule has 0 aliphatic rings. The van der Waals surface area contributed by atoms with Crippen LogP contribution < -0.4 is 11.3 Å². The van der Waals surface area contributed by atoms with Gasteiger partial charge in [-0.2, -0.15) is 0 Å². The van der Waals surface area contributed by atoms with E-state index in [2.05, 4.69) is 43.2 Å². The topological polar surface area (TPSA) is 38.0 Å². The van der Waals surface area contributed by atoms with Crippen LogP contribution in [-0.2, 0) is 6.42 Å². The molecule has 0 bridgehead atoms. The molecule has 1 aromatic rings. The molecule has 106 valence electrons. The fraction of sp³-hybridized carbons (Fsp3) is 0.529. The molecule has 0 fully saturated rings. The van der Waals surface area contributed by atoms with Gasteiger partial charge in [-0.15, -0.1) is 6.58 Å². The summed E-state index contributed by atoms with van der Waals surface area (Å²) < 4.78 is 0. The van der Waals surface area contributed by atoms with E-state index in [0.29, 0.717) is 6.04 Å². The van der Waals surface area contributed by atoms with Crippen molar-refractivity contribution >= 4 is 0 Å². The first kappa shape index (κ1) is 15.9. The number of aryl methyl sites for hydroxylation is 2. The Bertz CT molecular complexity index is 360. The van der Waals surface area contributed by atoms with Crippen molar-refractivity contribution in [3.05, 3.63) is 48.0 Å². The van der Waals surface area contributed by atoms with E-state index < -0.39 is 0 Å². The summed E-state index contributed by atoms with van der Waals surface area (Å²) in [7, 11) is 0. The minimum atomic E-state index is 0.434. The Hall–Kier alpha value is -1.12. The predicted octanol–water partition coefficient (Wildman–Crippen LogP) is 3.90. The van der Waals surface area contributed by atoms with Gasteiger partial charge in [-0.05, 0) is 50.2 Å². The Morgan fingerprint density at radius 2 is 2.00 bits per heavy atom. The largest absolute Gasteiger partial charge is 0.271 e. The van der Waals surface area contributed by atoms with Crippen LogP contribution in [0.1, 0.15) is 49.7 Å². The zero-order valence-corrected chi connectivity index (χ0v) is 12.2. The summed E-state index contributed by atoms with van der Waals surface area (Å²) in [5, 5.41) is 0. The fourth-order valence-electron chi connectivity index (χ4n) is 2.39. The lowest BCUT2D eigenvalue weighted by Gasteiger charge is -2.16. The number of unbranched alkanes of at least 4 members (excludes halogenated alkanes) is 3. The Kier molecular flexibility index (Phi) is 8.19. The van der Waals surface area contributed by atoms with Gasteiger partial charge in [0.05, 0.1) is 0 Å². The van der Waals surface area contributed by atoms with Gasteiger partial charge in [0.1, 0.15) is 0 Å². The molecule has 1 unspecified atom stereocenters. The molecule has 1 aromatic carbocycles. The minimum Gasteiger partial charge on any atom is -0.271 e. The molecule has 1 atom stereocenters. The van der Waals surface area contributed by atoms with Crippen molar-refractivity contribution in [2.75, 3.05) is 0 Å². The van der Waals surface area contributed by atoms with Crippen molar-refractivity contribution in [2.24, 2.45) is 5.84 Å². The van der Waals surface area contributed by atoms with Gasteiger partial charge in [0.25, 0.3) is 0 Å². The van der Waals surface area contributed by atoms with E-state index in [-0.39, 0.29) is 0 Å². The lowest BCUT2D eigenvalue weighted by atomic mass is 9.98. The molecule has 0 heterocycles. The predicted molar refractivity (Wildman–Crippen MR) is 83.9 cm³/mol. The number of nitrogens with two attached hydrogens (primary N) is 1. The van der Waals surface area contributed by atoms with Crippen LogP contribution in [0.5, 0.6) is 0 Å². The van der Waals surface area contributed by atoms with Gasteiger partial charge in [0, 0.05) is 6.04 Å². The Morgan fingerprint density at radius 1 is 1.21 bits per heavy atom. The number of hydrazine groups is 1. The third kappa shape index (κ3) is 6.55. The molecular formula is C17H28N2. The molecule has 3 N–H and O–H groups in total. The summed E-state index contributed by atoms with van der Waals surface area (Å²) in [6, 6.07) is 9.03. The number of benzene rings is 1. The third-order valence-corrected chi connectivity index (χ3v) is 3.72. The number of rotatable bonds is 10. The highest BCUT2D eigenvalue weighted by molar-refractivity contribution is 5.25. The smallest absolute Gasteiger partial charge is 0.0213 e. The molecule has 0 aliphatic heterocycles. The molecule has 0 aliphatic carbocycles. The first-order valence-electron chi connectivity index (χ1n) is 7.39. The van der Waals surface area contributed by atoms with Crippen LogP contribution in [0.25, 0.3) is 0 Å². The van der Waals surface area contributed by atoms with Gasteiger partial charge in [-0.3, -0.25) is 11.3 Å². The van der Waals surface area contributed by atoms with Crippen LogP contribution in [0.2, 0.25) is 0 Å². The number of hydrogen-bond acceptors (Lipinski definition) is 2. The van der Waals surface area contributed by atoms with Crippen LogP contribution in [0.3, 0.4) is 0 Å². The first-order chi connectivity index (χ1) is 9.27. The van der Waals surface area contributed by atoms with Crippen molar-refractivity contribution in [2.45, 2.75) is 57.9 Å². The fourth-order valence-corrected chi connectivity index (χ4v) is 2.39. The molecule has 0 radical (unpaired) electrons. The second-order valence-corrected chi connectivity index (χ2v) is 5.26. The summed E-state index contributed by atoms with van der Waals surface area (Å²) in [4.78, 5) is 0. The van der Waals surface area contributed by atoms with Crippen molar-refractivity contribution in [3.8, 4) is 0 Å². The Morgan fingerprint density at radius 3 is 2.68 bits per heavy atom. The molecule has 0 aromatic heterocycles. The maximum atomic E-state index is 5.65. The summed E-state index contributed by atoms with van der Waals surface area (Å²) in [6.45, 7) is 5.92. The highest BCUT2D eigenvalue weighted by Gasteiger charge is 2.07. The first-order valence-corrected chi connectivity index (χ1v) is 7.39. The van der Waals surface area contributed by atoms with Crippen LogP contribution in [0, 0.1) is 6.92 Å². The number of hydrogen-bond donors (Lipinski definition) is 2. The van der Waals surface area contributed by atoms with Gasteiger partial charge in [0.15, 0.2) is 0 Å². The summed E-state index contributed by atoms with van der Waals surface area (Å²) in [5.74, 6) is 5.65. The minimum absolute atomic E-state index is 0.434. The number of allylic oxidation sites excluding steroid dienone is 1. The quantitative estimate of drug-likeness (QED) is 0.290. The van der Waals surface area contributed by atoms with Gasteiger partial charge in [-0.1, -0.05) is 43.2 Å². The van der Waals surface area contributed by atoms with Crippen LogP contribution in [0.4, 0.5) is 0 Å². The van der Waals surface area contributed by atoms with Crippen LogP contribution in [0.15, 0.2) is 36.9 Å². The van der Waals surface area contributed by atoms with Gasteiger partial charge in [0.2, 0.25) is 0 Å². The van der Waals surface area contributed by atoms with Crippen molar-refractivity contribution < 1.29 is 0 Å². The lowest BCUT2D eigenvalue weighted by molar-refractivity contribution is 0.442. The van der Waals surface area contributed by atoms with E-state index in [1.54, 1.807) is 0 Å². The van der Waals surface area contributed by atoms with E-state index in [0.717, 1.165) is 19.3 Å². The molecule has 0 saturated carbocycles. The van der Waals surface area contributed by atoms with E-state index in [4.69, 9.17) is 5.84 Å². The molecular weight excluding hydrogens is 232 g/mol. The SMILES string of the molecule is C=CCCCCCC(CCc1ccccc1C)NN. The highest BCUT2D eigenvalue weighted by atomic mass is 15.2. The molecule has 0 amide bonds. The van der Waals surface area contributed by atoms with Crippen LogP contribution in [-0.4, -0.2) is 6.04 Å². The highest BCUT2D eigenvalue weighted by Crippen LogP contribution is 2.14. The van der Waals surface area contributed by atoms with Crippen molar-refractivity contribution in [1.29, 1.82) is 0 Å². The molecule has 0 spiro atoms. The average Bonchev–Trinajstić information content (AvgIpc) is 2.43. The molecule has 2 nitrogen and oxygen atoms in total. The summed E-state index contributed by atoms with van der Waals surface area (Å²) >= 11 is 0. The van der Waals surface area contributed by atoms with E-state index >= 15 is 0 Å². The van der Waals surface area contributed by atoms with E-state index in [1.165, 1.54) is 36.8 Å². The Labute approximate surface area is 118 Å². The monoisotopic (exact) mass is 260 g/mol. The molecule has 1 rings (SSSR count). The van der Waals surface area contributed by atoms with Gasteiger partial charge >= 0.3 is 0 Å². The molecule has 2 heteroatoms. The van der Waals surface area contributed by atoms with E-state index in [1.807, 2.05) is 6.08 Å². The summed E-state index contributed by atoms with van der Waals surface area (Å²) in [5.41, 5.74) is 5.78. The third-order valence-electron chi connectivity index (χ3n) is 3.72. The molecule has 0 saturated heterocycles. The second-order valence-electron chi connectivity index (χ2n) is 5.26. The van der Waals surface area contributed by atoms with E-state index in [9.17, 15) is 0 Å². The van der Waals surface area contributed by atoms with Crippen molar-refractivity contribution in [3.63, 3.8) is 0 Å². The normalized spacial score (nSPS) is 12.3. The summed E-state index contributed by atoms with van der Waals surface area (Å²) in [6.07, 6.45) is 10.3. The zero-order chi connectivity index (χ0) is 13.9. The average molecular weight is 260 g/mol. The lowest BCUT2D eigenvalue weighted by Crippen LogP contribution is -2.35. The zero-order valence-electron chi connectivity index (χ0n) is 12.2. The Balaban J connectivity index is 2.25. The second kappa shape index (κ2) is 9.76. The number of nitrogens with one attached hydrogen (secondary N) is 1. The maximum Gasteiger partial charge on any atom is 0.0213 e. The van der Waals surface area contributed by atoms with Crippen LogP contribution >= 0.6 is 0 Å².